The average molecular weight is 371 g/mol. The molecule has 23 heavy (non-hydrogen) atoms. The second-order valence-corrected chi connectivity index (χ2v) is 7.05. The van der Waals surface area contributed by atoms with Gasteiger partial charge in [-0.3, -0.25) is 14.5 Å². The highest BCUT2D eigenvalue weighted by molar-refractivity contribution is 5.85. The predicted octanol–water partition coefficient (Wildman–Crippen LogP) is 0.920. The summed E-state index contributed by atoms with van der Waals surface area (Å²) in [6, 6.07) is -0.453. The van der Waals surface area contributed by atoms with Gasteiger partial charge in [0, 0.05) is 12.1 Å². The van der Waals surface area contributed by atoms with Gasteiger partial charge in [0.15, 0.2) is 0 Å². The molecule has 0 aromatic rings. The number of piperidine rings is 1. The van der Waals surface area contributed by atoms with E-state index < -0.39 is 6.04 Å². The van der Waals surface area contributed by atoms with Crippen molar-refractivity contribution in [1.29, 1.82) is 0 Å². The number of carbonyl (C=O) groups excluding carboxylic acids is 2. The number of carbonyl (C=O) groups is 2. The normalized spacial score (nSPS) is 17.4. The Balaban J connectivity index is 0. The second kappa shape index (κ2) is 11.1. The van der Waals surface area contributed by atoms with Crippen LogP contribution in [0.3, 0.4) is 0 Å². The molecule has 0 saturated carbocycles. The van der Waals surface area contributed by atoms with Crippen LogP contribution in [0.2, 0.25) is 0 Å². The summed E-state index contributed by atoms with van der Waals surface area (Å²) < 4.78 is 0. The van der Waals surface area contributed by atoms with E-state index in [2.05, 4.69) is 15.5 Å². The van der Waals surface area contributed by atoms with Crippen molar-refractivity contribution in [3.05, 3.63) is 0 Å². The largest absolute Gasteiger partial charge is 0.354 e. The van der Waals surface area contributed by atoms with Crippen molar-refractivity contribution < 1.29 is 9.59 Å². The number of halogens is 2. The Morgan fingerprint density at radius 1 is 1.22 bits per heavy atom. The SMILES string of the molecule is C[C@@H](N)C(=O)NCC1CCN(CC(=O)NC(C)(C)C)CC1.Cl.Cl. The van der Waals surface area contributed by atoms with Crippen LogP contribution in [0.15, 0.2) is 0 Å². The first-order chi connectivity index (χ1) is 9.67. The van der Waals surface area contributed by atoms with Gasteiger partial charge in [-0.15, -0.1) is 24.8 Å². The summed E-state index contributed by atoms with van der Waals surface area (Å²) in [5, 5.41) is 5.86. The van der Waals surface area contributed by atoms with Crippen LogP contribution in [0.4, 0.5) is 0 Å². The van der Waals surface area contributed by atoms with E-state index in [1.807, 2.05) is 20.8 Å². The van der Waals surface area contributed by atoms with Crippen LogP contribution in [0.1, 0.15) is 40.5 Å². The molecule has 0 spiro atoms. The molecule has 0 aromatic heterocycles. The summed E-state index contributed by atoms with van der Waals surface area (Å²) in [5.41, 5.74) is 5.33. The molecule has 1 fully saturated rings. The van der Waals surface area contributed by atoms with Gasteiger partial charge in [0.25, 0.3) is 0 Å². The van der Waals surface area contributed by atoms with Gasteiger partial charge in [0.2, 0.25) is 11.8 Å². The lowest BCUT2D eigenvalue weighted by Gasteiger charge is -2.32. The lowest BCUT2D eigenvalue weighted by Crippen LogP contribution is -2.48. The van der Waals surface area contributed by atoms with Gasteiger partial charge in [-0.1, -0.05) is 0 Å². The van der Waals surface area contributed by atoms with Crippen molar-refractivity contribution >= 4 is 36.6 Å². The average Bonchev–Trinajstić information content (AvgIpc) is 2.35. The van der Waals surface area contributed by atoms with Crippen LogP contribution in [0, 0.1) is 5.92 Å². The minimum Gasteiger partial charge on any atom is -0.354 e. The first-order valence-corrected chi connectivity index (χ1v) is 7.74. The molecular weight excluding hydrogens is 339 g/mol. The zero-order chi connectivity index (χ0) is 16.0. The fourth-order valence-corrected chi connectivity index (χ4v) is 2.42. The van der Waals surface area contributed by atoms with E-state index >= 15 is 0 Å². The molecule has 8 heteroatoms. The van der Waals surface area contributed by atoms with E-state index in [0.717, 1.165) is 25.9 Å². The third kappa shape index (κ3) is 10.8. The third-order valence-electron chi connectivity index (χ3n) is 3.57. The van der Waals surface area contributed by atoms with Crippen molar-refractivity contribution in [2.75, 3.05) is 26.2 Å². The quantitative estimate of drug-likeness (QED) is 0.671. The molecule has 6 nitrogen and oxygen atoms in total. The van der Waals surface area contributed by atoms with Crippen LogP contribution in [0.5, 0.6) is 0 Å². The molecule has 0 aromatic carbocycles. The summed E-state index contributed by atoms with van der Waals surface area (Å²) in [6.45, 7) is 10.6. The van der Waals surface area contributed by atoms with Gasteiger partial charge in [-0.25, -0.2) is 0 Å². The number of nitrogens with two attached hydrogens (primary N) is 1. The molecule has 1 aliphatic rings. The molecule has 0 radical (unpaired) electrons. The summed E-state index contributed by atoms with van der Waals surface area (Å²) in [7, 11) is 0. The molecule has 0 bridgehead atoms. The number of amides is 2. The van der Waals surface area contributed by atoms with Gasteiger partial charge in [-0.05, 0) is 59.5 Å². The molecular formula is C15H32Cl2N4O2. The molecule has 138 valence electrons. The highest BCUT2D eigenvalue weighted by Gasteiger charge is 2.23. The van der Waals surface area contributed by atoms with Gasteiger partial charge in [-0.2, -0.15) is 0 Å². The molecule has 4 N–H and O–H groups in total. The molecule has 1 saturated heterocycles. The minimum absolute atomic E-state index is 0. The van der Waals surface area contributed by atoms with Crippen molar-refractivity contribution in [1.82, 2.24) is 15.5 Å². The lowest BCUT2D eigenvalue weighted by molar-refractivity contribution is -0.124. The monoisotopic (exact) mass is 370 g/mol. The Labute approximate surface area is 152 Å². The maximum absolute atomic E-state index is 11.9. The van der Waals surface area contributed by atoms with Crippen molar-refractivity contribution in [3.63, 3.8) is 0 Å². The maximum atomic E-state index is 11.9. The van der Waals surface area contributed by atoms with Crippen LogP contribution >= 0.6 is 24.8 Å². The van der Waals surface area contributed by atoms with Gasteiger partial charge >= 0.3 is 0 Å². The highest BCUT2D eigenvalue weighted by atomic mass is 35.5. The van der Waals surface area contributed by atoms with Crippen LogP contribution in [0.25, 0.3) is 0 Å². The molecule has 1 aliphatic heterocycles. The molecule has 1 heterocycles. The van der Waals surface area contributed by atoms with Gasteiger partial charge < -0.3 is 16.4 Å². The van der Waals surface area contributed by atoms with E-state index in [1.54, 1.807) is 6.92 Å². The van der Waals surface area contributed by atoms with Crippen molar-refractivity contribution in [3.8, 4) is 0 Å². The van der Waals surface area contributed by atoms with E-state index in [1.165, 1.54) is 0 Å². The van der Waals surface area contributed by atoms with E-state index in [-0.39, 0.29) is 42.2 Å². The summed E-state index contributed by atoms with van der Waals surface area (Å²) in [6.07, 6.45) is 2.00. The van der Waals surface area contributed by atoms with Gasteiger partial charge in [0.1, 0.15) is 0 Å². The Morgan fingerprint density at radius 2 is 1.74 bits per heavy atom. The Bertz CT molecular complexity index is 365. The Hall–Kier alpha value is -0.560. The fourth-order valence-electron chi connectivity index (χ4n) is 2.42. The van der Waals surface area contributed by atoms with E-state index in [9.17, 15) is 9.59 Å². The van der Waals surface area contributed by atoms with Crippen molar-refractivity contribution in [2.24, 2.45) is 11.7 Å². The first-order valence-electron chi connectivity index (χ1n) is 7.74. The second-order valence-electron chi connectivity index (χ2n) is 7.05. The molecule has 1 atom stereocenters. The number of nitrogens with one attached hydrogen (secondary N) is 2. The summed E-state index contributed by atoms with van der Waals surface area (Å²) in [5.74, 6) is 0.461. The number of hydrogen-bond acceptors (Lipinski definition) is 4. The highest BCUT2D eigenvalue weighted by Crippen LogP contribution is 2.16. The zero-order valence-electron chi connectivity index (χ0n) is 14.6. The van der Waals surface area contributed by atoms with Crippen LogP contribution < -0.4 is 16.4 Å². The molecule has 0 unspecified atom stereocenters. The van der Waals surface area contributed by atoms with E-state index in [4.69, 9.17) is 5.73 Å². The lowest BCUT2D eigenvalue weighted by atomic mass is 9.96. The smallest absolute Gasteiger partial charge is 0.236 e. The fraction of sp³-hybridized carbons (Fsp3) is 0.867. The summed E-state index contributed by atoms with van der Waals surface area (Å²) in [4.78, 5) is 25.5. The standard InChI is InChI=1S/C15H30N4O2.2ClH/c1-11(16)14(21)17-9-12-5-7-19(8-6-12)10-13(20)18-15(2,3)4;;/h11-12H,5-10,16H2,1-4H3,(H,17,21)(H,18,20);2*1H/t11-;;/m1../s1. The molecule has 0 aliphatic carbocycles. The van der Waals surface area contributed by atoms with Crippen LogP contribution in [-0.4, -0.2) is 54.5 Å². The number of hydrogen-bond donors (Lipinski definition) is 3. The number of rotatable bonds is 5. The minimum atomic E-state index is -0.453. The third-order valence-corrected chi connectivity index (χ3v) is 3.57. The van der Waals surface area contributed by atoms with E-state index in [0.29, 0.717) is 19.0 Å². The van der Waals surface area contributed by atoms with Gasteiger partial charge in [0.05, 0.1) is 12.6 Å². The predicted molar refractivity (Wildman–Crippen MR) is 98.2 cm³/mol. The molecule has 2 amide bonds. The number of nitrogens with zero attached hydrogens (tertiary/aromatic N) is 1. The molecule has 1 rings (SSSR count). The zero-order valence-corrected chi connectivity index (χ0v) is 16.2. The number of likely N-dealkylation sites (tertiary alicyclic amines) is 1. The summed E-state index contributed by atoms with van der Waals surface area (Å²) >= 11 is 0. The Kier molecular flexibility index (Phi) is 11.9. The first kappa shape index (κ1) is 24.7. The van der Waals surface area contributed by atoms with Crippen molar-refractivity contribution in [2.45, 2.75) is 52.1 Å². The Morgan fingerprint density at radius 3 is 2.17 bits per heavy atom. The maximum Gasteiger partial charge on any atom is 0.236 e. The topological polar surface area (TPSA) is 87.5 Å². The van der Waals surface area contributed by atoms with Crippen LogP contribution in [-0.2, 0) is 9.59 Å².